The summed E-state index contributed by atoms with van der Waals surface area (Å²) in [7, 11) is -3.61. The van der Waals surface area contributed by atoms with Gasteiger partial charge in [0.15, 0.2) is 5.13 Å². The molecule has 1 saturated heterocycles. The number of carbonyl (C=O) groups is 1. The molecule has 7 nitrogen and oxygen atoms in total. The molecular formula is C25H27N3O4S3. The molecule has 35 heavy (non-hydrogen) atoms. The predicted octanol–water partition coefficient (Wildman–Crippen LogP) is 5.71. The first-order chi connectivity index (χ1) is 16.8. The van der Waals surface area contributed by atoms with Gasteiger partial charge in [0.1, 0.15) is 9.97 Å². The highest BCUT2D eigenvalue weighted by atomic mass is 32.2. The Morgan fingerprint density at radius 3 is 2.80 bits per heavy atom. The lowest BCUT2D eigenvalue weighted by molar-refractivity contribution is -0.123. The second-order valence-corrected chi connectivity index (χ2v) is 13.1. The number of carbonyl (C=O) groups excluding carboxylic acids is 1. The number of hydrogen-bond donors (Lipinski definition) is 0. The third-order valence-corrected chi connectivity index (χ3v) is 10.6. The number of benzene rings is 1. The lowest BCUT2D eigenvalue weighted by Gasteiger charge is -2.33. The van der Waals surface area contributed by atoms with Crippen LogP contribution in [-0.2, 0) is 21.4 Å². The Morgan fingerprint density at radius 2 is 2.09 bits per heavy atom. The summed E-state index contributed by atoms with van der Waals surface area (Å²) in [5.74, 6) is 0.375. The molecule has 1 aliphatic rings. The number of anilines is 1. The van der Waals surface area contributed by atoms with E-state index < -0.39 is 15.9 Å². The van der Waals surface area contributed by atoms with Crippen molar-refractivity contribution in [2.45, 2.75) is 43.4 Å². The monoisotopic (exact) mass is 529 g/mol. The van der Waals surface area contributed by atoms with E-state index in [9.17, 15) is 13.2 Å². The normalized spacial score (nSPS) is 17.3. The van der Waals surface area contributed by atoms with E-state index in [1.807, 2.05) is 18.2 Å². The van der Waals surface area contributed by atoms with Crippen LogP contribution in [0, 0.1) is 5.92 Å². The number of rotatable bonds is 7. The molecule has 4 aromatic rings. The number of sulfonamides is 1. The summed E-state index contributed by atoms with van der Waals surface area (Å²) < 4.78 is 34.6. The first kappa shape index (κ1) is 24.2. The van der Waals surface area contributed by atoms with Crippen LogP contribution in [0.25, 0.3) is 10.2 Å². The molecule has 0 N–H and O–H groups in total. The number of thiazole rings is 1. The third kappa shape index (κ3) is 4.80. The number of furan rings is 1. The van der Waals surface area contributed by atoms with Gasteiger partial charge in [-0.05, 0) is 54.0 Å². The van der Waals surface area contributed by atoms with E-state index in [4.69, 9.17) is 9.40 Å². The molecular weight excluding hydrogens is 502 g/mol. The van der Waals surface area contributed by atoms with Crippen molar-refractivity contribution in [2.75, 3.05) is 18.0 Å². The van der Waals surface area contributed by atoms with Crippen molar-refractivity contribution in [2.24, 2.45) is 5.92 Å². The molecule has 1 aliphatic heterocycles. The standard InChI is InChI=1S/C25H27N3O4S3/c1-17(2)20-9-3-10-21-23(20)26-25(34-21)28(16-19-8-5-13-32-19)24(29)18-7-4-12-27(15-18)35(30,31)22-11-6-14-33-22/h3,5-6,8-11,13-14,17-18H,4,7,12,15-16H2,1-2H3. The maximum atomic E-state index is 13.9. The summed E-state index contributed by atoms with van der Waals surface area (Å²) in [5, 5.41) is 2.36. The van der Waals surface area contributed by atoms with Gasteiger partial charge in [0.25, 0.3) is 10.0 Å². The number of hydrogen-bond acceptors (Lipinski definition) is 7. The highest BCUT2D eigenvalue weighted by Crippen LogP contribution is 2.36. The van der Waals surface area contributed by atoms with Gasteiger partial charge in [0.2, 0.25) is 5.91 Å². The lowest BCUT2D eigenvalue weighted by Crippen LogP contribution is -2.46. The van der Waals surface area contributed by atoms with Gasteiger partial charge in [-0.15, -0.1) is 11.3 Å². The number of para-hydroxylation sites is 1. The number of fused-ring (bicyclic) bond motifs is 1. The van der Waals surface area contributed by atoms with Crippen LogP contribution >= 0.6 is 22.7 Å². The van der Waals surface area contributed by atoms with Crippen LogP contribution in [0.15, 0.2) is 62.7 Å². The molecule has 0 spiro atoms. The molecule has 1 aromatic carbocycles. The minimum Gasteiger partial charge on any atom is -0.467 e. The topological polar surface area (TPSA) is 83.7 Å². The van der Waals surface area contributed by atoms with Crippen molar-refractivity contribution < 1.29 is 17.6 Å². The van der Waals surface area contributed by atoms with E-state index >= 15 is 0 Å². The van der Waals surface area contributed by atoms with E-state index in [2.05, 4.69) is 19.9 Å². The Labute approximate surface area is 213 Å². The molecule has 1 unspecified atom stereocenters. The van der Waals surface area contributed by atoms with Crippen LogP contribution in [-0.4, -0.2) is 36.7 Å². The van der Waals surface area contributed by atoms with E-state index in [-0.39, 0.29) is 19.0 Å². The van der Waals surface area contributed by atoms with E-state index in [0.29, 0.717) is 40.4 Å². The maximum Gasteiger partial charge on any atom is 0.252 e. The van der Waals surface area contributed by atoms with Crippen LogP contribution in [0.3, 0.4) is 0 Å². The number of aromatic nitrogens is 1. The van der Waals surface area contributed by atoms with Crippen LogP contribution in [0.2, 0.25) is 0 Å². The number of piperidine rings is 1. The minimum absolute atomic E-state index is 0.127. The summed E-state index contributed by atoms with van der Waals surface area (Å²) >= 11 is 2.68. The van der Waals surface area contributed by atoms with Gasteiger partial charge in [-0.25, -0.2) is 13.4 Å². The molecule has 0 radical (unpaired) electrons. The van der Waals surface area contributed by atoms with Crippen molar-refractivity contribution in [1.82, 2.24) is 9.29 Å². The van der Waals surface area contributed by atoms with E-state index in [1.165, 1.54) is 27.0 Å². The van der Waals surface area contributed by atoms with Crippen molar-refractivity contribution >= 4 is 54.0 Å². The number of nitrogens with zero attached hydrogens (tertiary/aromatic N) is 3. The van der Waals surface area contributed by atoms with Crippen molar-refractivity contribution in [3.63, 3.8) is 0 Å². The van der Waals surface area contributed by atoms with Crippen molar-refractivity contribution in [1.29, 1.82) is 0 Å². The van der Waals surface area contributed by atoms with Gasteiger partial charge < -0.3 is 4.42 Å². The largest absolute Gasteiger partial charge is 0.467 e. The molecule has 3 aromatic heterocycles. The second-order valence-electron chi connectivity index (χ2n) is 8.98. The molecule has 1 fully saturated rings. The fourth-order valence-electron chi connectivity index (χ4n) is 4.46. The van der Waals surface area contributed by atoms with Crippen molar-refractivity contribution in [3.05, 3.63) is 65.4 Å². The average Bonchev–Trinajstić information content (AvgIpc) is 3.63. The van der Waals surface area contributed by atoms with Crippen LogP contribution < -0.4 is 4.90 Å². The van der Waals surface area contributed by atoms with E-state index in [1.54, 1.807) is 34.7 Å². The van der Waals surface area contributed by atoms with Crippen LogP contribution in [0.1, 0.15) is 43.9 Å². The molecule has 1 atom stereocenters. The Kier molecular flexibility index (Phi) is 6.80. The van der Waals surface area contributed by atoms with Gasteiger partial charge in [-0.1, -0.05) is 43.4 Å². The molecule has 10 heteroatoms. The molecule has 0 aliphatic carbocycles. The molecule has 0 bridgehead atoms. The summed E-state index contributed by atoms with van der Waals surface area (Å²) in [4.78, 5) is 20.5. The zero-order valence-corrected chi connectivity index (χ0v) is 22.0. The Balaban J connectivity index is 1.47. The first-order valence-electron chi connectivity index (χ1n) is 11.6. The second kappa shape index (κ2) is 9.85. The summed E-state index contributed by atoms with van der Waals surface area (Å²) in [6.45, 7) is 5.09. The minimum atomic E-state index is -3.61. The highest BCUT2D eigenvalue weighted by molar-refractivity contribution is 7.91. The Hall–Kier alpha value is -2.53. The number of thiophene rings is 1. The van der Waals surface area contributed by atoms with E-state index in [0.717, 1.165) is 15.8 Å². The quantitative estimate of drug-likeness (QED) is 0.306. The van der Waals surface area contributed by atoms with Crippen LogP contribution in [0.4, 0.5) is 5.13 Å². The van der Waals surface area contributed by atoms with Gasteiger partial charge in [0.05, 0.1) is 28.9 Å². The van der Waals surface area contributed by atoms with Gasteiger partial charge in [0, 0.05) is 13.1 Å². The molecule has 1 amide bonds. The summed E-state index contributed by atoms with van der Waals surface area (Å²) in [5.41, 5.74) is 2.05. The highest BCUT2D eigenvalue weighted by Gasteiger charge is 2.37. The SMILES string of the molecule is CC(C)c1cccc2sc(N(Cc3ccco3)C(=O)C3CCCN(S(=O)(=O)c4cccs4)C3)nc12. The third-order valence-electron chi connectivity index (χ3n) is 6.27. The summed E-state index contributed by atoms with van der Waals surface area (Å²) in [6, 6.07) is 13.1. The summed E-state index contributed by atoms with van der Waals surface area (Å²) in [6.07, 6.45) is 2.85. The Bertz CT molecular complexity index is 1410. The molecule has 184 valence electrons. The molecule has 5 rings (SSSR count). The zero-order valence-electron chi connectivity index (χ0n) is 19.6. The lowest BCUT2D eigenvalue weighted by atomic mass is 9.98. The fraction of sp³-hybridized carbons (Fsp3) is 0.360. The Morgan fingerprint density at radius 1 is 1.23 bits per heavy atom. The van der Waals surface area contributed by atoms with Crippen molar-refractivity contribution in [3.8, 4) is 0 Å². The molecule has 0 saturated carbocycles. The predicted molar refractivity (Wildman–Crippen MR) is 139 cm³/mol. The van der Waals surface area contributed by atoms with Crippen LogP contribution in [0.5, 0.6) is 0 Å². The average molecular weight is 530 g/mol. The molecule has 4 heterocycles. The zero-order chi connectivity index (χ0) is 24.6. The number of amides is 1. The van der Waals surface area contributed by atoms with Gasteiger partial charge in [-0.2, -0.15) is 4.31 Å². The maximum absolute atomic E-state index is 13.9. The fourth-order valence-corrected chi connectivity index (χ4v) is 8.13. The first-order valence-corrected chi connectivity index (χ1v) is 14.7. The van der Waals surface area contributed by atoms with Gasteiger partial charge >= 0.3 is 0 Å². The smallest absolute Gasteiger partial charge is 0.252 e. The van der Waals surface area contributed by atoms with Gasteiger partial charge in [-0.3, -0.25) is 9.69 Å².